The third kappa shape index (κ3) is 3.61. The van der Waals surface area contributed by atoms with Crippen molar-refractivity contribution in [3.8, 4) is 5.75 Å². The number of rotatable bonds is 5. The predicted octanol–water partition coefficient (Wildman–Crippen LogP) is 2.45. The molecule has 0 bridgehead atoms. The summed E-state index contributed by atoms with van der Waals surface area (Å²) >= 11 is 5.93. The van der Waals surface area contributed by atoms with E-state index in [1.807, 2.05) is 20.8 Å². The fourth-order valence-electron chi connectivity index (χ4n) is 1.62. The fraction of sp³-hybridized carbons (Fsp3) is 0.500. The number of nitrogens with one attached hydrogen (secondary N) is 1. The molecule has 1 aromatic rings. The van der Waals surface area contributed by atoms with E-state index in [-0.39, 0.29) is 11.8 Å². The van der Waals surface area contributed by atoms with Crippen molar-refractivity contribution in [2.24, 2.45) is 11.7 Å². The van der Waals surface area contributed by atoms with Crippen molar-refractivity contribution >= 4 is 17.5 Å². The Morgan fingerprint density at radius 1 is 1.53 bits per heavy atom. The van der Waals surface area contributed by atoms with Gasteiger partial charge in [0.15, 0.2) is 0 Å². The van der Waals surface area contributed by atoms with Gasteiger partial charge < -0.3 is 15.8 Å². The van der Waals surface area contributed by atoms with Crippen LogP contribution in [0.1, 0.15) is 31.1 Å². The van der Waals surface area contributed by atoms with Crippen LogP contribution in [0.2, 0.25) is 5.02 Å². The van der Waals surface area contributed by atoms with Crippen molar-refractivity contribution in [2.45, 2.75) is 26.3 Å². The quantitative estimate of drug-likeness (QED) is 0.873. The first kappa shape index (κ1) is 15.8. The molecule has 1 amide bonds. The molecule has 0 fully saturated rings. The van der Waals surface area contributed by atoms with Crippen molar-refractivity contribution in [2.75, 3.05) is 13.7 Å². The number of ether oxygens (including phenoxy) is 1. The van der Waals surface area contributed by atoms with Crippen LogP contribution in [0.25, 0.3) is 0 Å². The van der Waals surface area contributed by atoms with E-state index in [0.29, 0.717) is 22.9 Å². The Bertz CT molecular complexity index is 463. The SMILES string of the molecule is COc1ccc(Cl)cc1C(=O)NC(C)(CN)C(C)C. The Morgan fingerprint density at radius 2 is 2.16 bits per heavy atom. The Kier molecular flexibility index (Phi) is 5.20. The molecule has 0 aliphatic rings. The number of nitrogens with two attached hydrogens (primary N) is 1. The van der Waals surface area contributed by atoms with E-state index >= 15 is 0 Å². The minimum absolute atomic E-state index is 0.214. The zero-order valence-corrected chi connectivity index (χ0v) is 12.5. The third-order valence-electron chi connectivity index (χ3n) is 3.50. The summed E-state index contributed by atoms with van der Waals surface area (Å²) < 4.78 is 5.18. The first-order chi connectivity index (χ1) is 8.84. The number of halogens is 1. The molecule has 1 aromatic carbocycles. The summed E-state index contributed by atoms with van der Waals surface area (Å²) in [7, 11) is 1.52. The lowest BCUT2D eigenvalue weighted by Gasteiger charge is -2.33. The second-order valence-corrected chi connectivity index (χ2v) is 5.51. The number of amides is 1. The van der Waals surface area contributed by atoms with E-state index < -0.39 is 5.54 Å². The lowest BCUT2D eigenvalue weighted by atomic mass is 9.88. The molecule has 106 valence electrons. The van der Waals surface area contributed by atoms with E-state index in [1.165, 1.54) is 7.11 Å². The minimum Gasteiger partial charge on any atom is -0.496 e. The van der Waals surface area contributed by atoms with Crippen LogP contribution in [0.15, 0.2) is 18.2 Å². The molecular weight excluding hydrogens is 264 g/mol. The topological polar surface area (TPSA) is 64.3 Å². The molecular formula is C14H21ClN2O2. The maximum absolute atomic E-state index is 12.4. The largest absolute Gasteiger partial charge is 0.496 e. The van der Waals surface area contributed by atoms with Gasteiger partial charge in [0.2, 0.25) is 0 Å². The van der Waals surface area contributed by atoms with Crippen LogP contribution in [0, 0.1) is 5.92 Å². The average molecular weight is 285 g/mol. The van der Waals surface area contributed by atoms with Crippen molar-refractivity contribution in [3.05, 3.63) is 28.8 Å². The summed E-state index contributed by atoms with van der Waals surface area (Å²) in [4.78, 5) is 12.4. The minimum atomic E-state index is -0.468. The van der Waals surface area contributed by atoms with Crippen molar-refractivity contribution in [3.63, 3.8) is 0 Å². The Hall–Kier alpha value is -1.26. The van der Waals surface area contributed by atoms with E-state index in [4.69, 9.17) is 22.1 Å². The third-order valence-corrected chi connectivity index (χ3v) is 3.74. The van der Waals surface area contributed by atoms with E-state index in [2.05, 4.69) is 5.32 Å². The maximum atomic E-state index is 12.4. The number of hydrogen-bond acceptors (Lipinski definition) is 3. The summed E-state index contributed by atoms with van der Waals surface area (Å²) in [6.07, 6.45) is 0. The molecule has 19 heavy (non-hydrogen) atoms. The lowest BCUT2D eigenvalue weighted by Crippen LogP contribution is -2.55. The molecule has 0 radical (unpaired) electrons. The lowest BCUT2D eigenvalue weighted by molar-refractivity contribution is 0.0880. The maximum Gasteiger partial charge on any atom is 0.255 e. The van der Waals surface area contributed by atoms with Gasteiger partial charge in [0.05, 0.1) is 18.2 Å². The van der Waals surface area contributed by atoms with Gasteiger partial charge in [-0.05, 0) is 31.0 Å². The molecule has 3 N–H and O–H groups in total. The second kappa shape index (κ2) is 6.26. The number of carbonyl (C=O) groups excluding carboxylic acids is 1. The highest BCUT2D eigenvalue weighted by atomic mass is 35.5. The second-order valence-electron chi connectivity index (χ2n) is 5.08. The average Bonchev–Trinajstić information content (AvgIpc) is 2.38. The monoisotopic (exact) mass is 284 g/mol. The highest BCUT2D eigenvalue weighted by molar-refractivity contribution is 6.31. The highest BCUT2D eigenvalue weighted by Gasteiger charge is 2.29. The van der Waals surface area contributed by atoms with Gasteiger partial charge in [0, 0.05) is 11.6 Å². The van der Waals surface area contributed by atoms with E-state index in [9.17, 15) is 4.79 Å². The fourth-order valence-corrected chi connectivity index (χ4v) is 1.79. The summed E-state index contributed by atoms with van der Waals surface area (Å²) in [6.45, 7) is 6.32. The Labute approximate surface area is 119 Å². The van der Waals surface area contributed by atoms with Gasteiger partial charge in [-0.25, -0.2) is 0 Å². The number of methoxy groups -OCH3 is 1. The van der Waals surface area contributed by atoms with Crippen molar-refractivity contribution < 1.29 is 9.53 Å². The van der Waals surface area contributed by atoms with Gasteiger partial charge in [-0.1, -0.05) is 25.4 Å². The summed E-state index contributed by atoms with van der Waals surface area (Å²) in [5.74, 6) is 0.470. The summed E-state index contributed by atoms with van der Waals surface area (Å²) in [6, 6.07) is 4.95. The molecule has 1 atom stereocenters. The normalized spacial score (nSPS) is 14.1. The summed E-state index contributed by atoms with van der Waals surface area (Å²) in [5, 5.41) is 3.45. The first-order valence-corrected chi connectivity index (χ1v) is 6.58. The molecule has 4 nitrogen and oxygen atoms in total. The molecule has 1 unspecified atom stereocenters. The first-order valence-electron chi connectivity index (χ1n) is 6.20. The molecule has 0 saturated heterocycles. The zero-order chi connectivity index (χ0) is 14.6. The predicted molar refractivity (Wildman–Crippen MR) is 77.8 cm³/mol. The van der Waals surface area contributed by atoms with Crippen LogP contribution in [-0.2, 0) is 0 Å². The van der Waals surface area contributed by atoms with Crippen LogP contribution >= 0.6 is 11.6 Å². The molecule has 0 saturated carbocycles. The molecule has 1 rings (SSSR count). The number of carbonyl (C=O) groups is 1. The molecule has 0 spiro atoms. The molecule has 0 aliphatic carbocycles. The van der Waals surface area contributed by atoms with Crippen LogP contribution < -0.4 is 15.8 Å². The Balaban J connectivity index is 3.04. The van der Waals surface area contributed by atoms with Gasteiger partial charge in [0.25, 0.3) is 5.91 Å². The van der Waals surface area contributed by atoms with Gasteiger partial charge >= 0.3 is 0 Å². The van der Waals surface area contributed by atoms with Crippen LogP contribution in [-0.4, -0.2) is 25.1 Å². The highest BCUT2D eigenvalue weighted by Crippen LogP contribution is 2.24. The number of hydrogen-bond donors (Lipinski definition) is 2. The molecule has 5 heteroatoms. The van der Waals surface area contributed by atoms with E-state index in [0.717, 1.165) is 0 Å². The standard InChI is InChI=1S/C14H21ClN2O2/c1-9(2)14(3,8-16)17-13(18)11-7-10(15)5-6-12(11)19-4/h5-7,9H,8,16H2,1-4H3,(H,17,18). The van der Waals surface area contributed by atoms with E-state index in [1.54, 1.807) is 18.2 Å². The number of benzene rings is 1. The van der Waals surface area contributed by atoms with Crippen LogP contribution in [0.3, 0.4) is 0 Å². The summed E-state index contributed by atoms with van der Waals surface area (Å²) in [5.41, 5.74) is 5.71. The molecule has 0 aromatic heterocycles. The van der Waals surface area contributed by atoms with Gasteiger partial charge in [0.1, 0.15) is 5.75 Å². The molecule has 0 aliphatic heterocycles. The van der Waals surface area contributed by atoms with Crippen LogP contribution in [0.5, 0.6) is 5.75 Å². The smallest absolute Gasteiger partial charge is 0.255 e. The van der Waals surface area contributed by atoms with Crippen molar-refractivity contribution in [1.82, 2.24) is 5.32 Å². The zero-order valence-electron chi connectivity index (χ0n) is 11.8. The van der Waals surface area contributed by atoms with Gasteiger partial charge in [-0.2, -0.15) is 0 Å². The van der Waals surface area contributed by atoms with Crippen molar-refractivity contribution in [1.29, 1.82) is 0 Å². The van der Waals surface area contributed by atoms with Gasteiger partial charge in [-0.3, -0.25) is 4.79 Å². The molecule has 0 heterocycles. The van der Waals surface area contributed by atoms with Crippen LogP contribution in [0.4, 0.5) is 0 Å². The van der Waals surface area contributed by atoms with Gasteiger partial charge in [-0.15, -0.1) is 0 Å². The Morgan fingerprint density at radius 3 is 2.63 bits per heavy atom.